The summed E-state index contributed by atoms with van der Waals surface area (Å²) in [6.07, 6.45) is 0. The van der Waals surface area contributed by atoms with E-state index in [0.29, 0.717) is 0 Å². The first-order valence-corrected chi connectivity index (χ1v) is 5.75. The van der Waals surface area contributed by atoms with Gasteiger partial charge in [-0.2, -0.15) is 4.67 Å². The van der Waals surface area contributed by atoms with Gasteiger partial charge in [-0.3, -0.25) is 9.13 Å². The largest absolute Gasteiger partial charge is 0.369 e. The number of hydrogen-bond acceptors (Lipinski definition) is 4. The first-order valence-electron chi connectivity index (χ1n) is 2.42. The average Bonchev–Trinajstić information content (AvgIpc) is 1.84. The maximum absolute atomic E-state index is 10.5. The zero-order valence-electron chi connectivity index (χ0n) is 6.49. The van der Waals surface area contributed by atoms with Crippen molar-refractivity contribution in [3.05, 3.63) is 0 Å². The molecule has 0 rings (SSSR count). The molecular weight excluding hydrogens is 237 g/mol. The molecule has 0 amide bonds. The molecule has 0 spiro atoms. The Kier molecular flexibility index (Phi) is 7.76. The third-order valence-electron chi connectivity index (χ3n) is 1.08. The predicted molar refractivity (Wildman–Crippen MR) is 40.8 cm³/mol. The Morgan fingerprint density at radius 2 is 1.58 bits per heavy atom. The van der Waals surface area contributed by atoms with Crippen molar-refractivity contribution in [1.29, 1.82) is 0 Å². The van der Waals surface area contributed by atoms with Crippen molar-refractivity contribution in [3.63, 3.8) is 0 Å². The van der Waals surface area contributed by atoms with Crippen LogP contribution in [-0.2, 0) is 13.8 Å². The van der Waals surface area contributed by atoms with Crippen LogP contribution >= 0.6 is 15.2 Å². The zero-order chi connectivity index (χ0) is 9.28. The van der Waals surface area contributed by atoms with Crippen molar-refractivity contribution in [2.45, 2.75) is 12.3 Å². The molecule has 0 heterocycles. The summed E-state index contributed by atoms with van der Waals surface area (Å²) in [7, 11) is -9.29. The Hall–Kier alpha value is 1.90. The second-order valence-electron chi connectivity index (χ2n) is 1.87. The predicted octanol–water partition coefficient (Wildman–Crippen LogP) is -0.196. The topological polar surface area (TPSA) is 124 Å². The first kappa shape index (κ1) is 16.3. The zero-order valence-corrected chi connectivity index (χ0v) is 11.4. The van der Waals surface area contributed by atoms with Gasteiger partial charge in [-0.15, -0.1) is 0 Å². The molecule has 7 nitrogen and oxygen atoms in total. The Morgan fingerprint density at radius 3 is 1.67 bits per heavy atom. The first-order chi connectivity index (χ1) is 4.72. The van der Waals surface area contributed by atoms with Gasteiger partial charge < -0.3 is 14.7 Å². The van der Waals surface area contributed by atoms with E-state index in [4.69, 9.17) is 19.9 Å². The molecular formula is C2H8KO7P2. The van der Waals surface area contributed by atoms with Gasteiger partial charge >= 0.3 is 15.2 Å². The minimum absolute atomic E-state index is 0. The van der Waals surface area contributed by atoms with Crippen LogP contribution in [0.3, 0.4) is 0 Å². The van der Waals surface area contributed by atoms with Gasteiger partial charge in [0.2, 0.25) is 0 Å². The SMILES string of the molecule is CC(P(=O)(O)O)P(=O)(O)OO.[K]. The molecule has 0 saturated carbocycles. The van der Waals surface area contributed by atoms with Gasteiger partial charge in [0.25, 0.3) is 0 Å². The molecule has 1 radical (unpaired) electrons. The van der Waals surface area contributed by atoms with Crippen molar-refractivity contribution in [2.75, 3.05) is 0 Å². The fraction of sp³-hybridized carbons (Fsp3) is 1.00. The van der Waals surface area contributed by atoms with Crippen LogP contribution in [0.5, 0.6) is 0 Å². The summed E-state index contributed by atoms with van der Waals surface area (Å²) in [5, 5.41) is 5.85. The van der Waals surface area contributed by atoms with Gasteiger partial charge in [-0.1, -0.05) is 0 Å². The van der Waals surface area contributed by atoms with Crippen LogP contribution in [0.4, 0.5) is 0 Å². The van der Waals surface area contributed by atoms with Crippen LogP contribution in [0, 0.1) is 0 Å². The molecule has 0 fully saturated rings. The van der Waals surface area contributed by atoms with Crippen LogP contribution in [0.1, 0.15) is 6.92 Å². The molecule has 2 unspecified atom stereocenters. The molecule has 2 atom stereocenters. The molecule has 0 saturated heterocycles. The summed E-state index contributed by atoms with van der Waals surface area (Å²) in [5.74, 6) is 0. The second-order valence-corrected chi connectivity index (χ2v) is 6.29. The molecule has 10 heteroatoms. The maximum Gasteiger partial charge on any atom is 0.369 e. The van der Waals surface area contributed by atoms with Gasteiger partial charge in [0.15, 0.2) is 5.40 Å². The fourth-order valence-corrected chi connectivity index (χ4v) is 2.04. The molecule has 0 aromatic carbocycles. The monoisotopic (exact) mass is 245 g/mol. The molecule has 12 heavy (non-hydrogen) atoms. The van der Waals surface area contributed by atoms with E-state index in [1.165, 1.54) is 0 Å². The van der Waals surface area contributed by atoms with Gasteiger partial charge in [0, 0.05) is 51.4 Å². The number of hydrogen-bond donors (Lipinski definition) is 4. The van der Waals surface area contributed by atoms with E-state index in [1.54, 1.807) is 0 Å². The van der Waals surface area contributed by atoms with Crippen LogP contribution in [0.15, 0.2) is 0 Å². The van der Waals surface area contributed by atoms with Gasteiger partial charge in [0.05, 0.1) is 0 Å². The van der Waals surface area contributed by atoms with Crippen molar-refractivity contribution in [2.24, 2.45) is 0 Å². The summed E-state index contributed by atoms with van der Waals surface area (Å²) in [5.41, 5.74) is 0. The minimum atomic E-state index is -4.69. The standard InChI is InChI=1S/C2H8O7P2.K/c1-2(10(4,5)6)11(7,8)9-3;/h2-3H,1H3,(H,7,8)(H2,4,5,6);. The third-order valence-corrected chi connectivity index (χ3v) is 5.01. The smallest absolute Gasteiger partial charge is 0.324 e. The Morgan fingerprint density at radius 1 is 1.25 bits per heavy atom. The van der Waals surface area contributed by atoms with E-state index >= 15 is 0 Å². The molecule has 0 aromatic rings. The summed E-state index contributed by atoms with van der Waals surface area (Å²) >= 11 is 0. The Bertz CT molecular complexity index is 221. The Balaban J connectivity index is 0. The second kappa shape index (κ2) is 5.70. The van der Waals surface area contributed by atoms with E-state index < -0.39 is 20.6 Å². The summed E-state index contributed by atoms with van der Waals surface area (Å²) < 4.78 is 23.9. The molecule has 0 aliphatic carbocycles. The average molecular weight is 245 g/mol. The molecule has 69 valence electrons. The number of rotatable bonds is 3. The summed E-state index contributed by atoms with van der Waals surface area (Å²) in [4.78, 5) is 25.2. The van der Waals surface area contributed by atoms with E-state index in [0.717, 1.165) is 6.92 Å². The van der Waals surface area contributed by atoms with Crippen LogP contribution in [-0.4, -0.2) is 76.7 Å². The van der Waals surface area contributed by atoms with Crippen LogP contribution < -0.4 is 0 Å². The molecule has 0 aliphatic heterocycles. The normalized spacial score (nSPS) is 19.1. The third kappa shape index (κ3) is 4.95. The van der Waals surface area contributed by atoms with Gasteiger partial charge in [0.1, 0.15) is 0 Å². The quantitative estimate of drug-likeness (QED) is 0.235. The molecule has 0 aliphatic rings. The van der Waals surface area contributed by atoms with E-state index in [1.807, 2.05) is 0 Å². The van der Waals surface area contributed by atoms with E-state index in [9.17, 15) is 9.13 Å². The van der Waals surface area contributed by atoms with E-state index in [2.05, 4.69) is 4.67 Å². The molecule has 4 N–H and O–H groups in total. The van der Waals surface area contributed by atoms with Crippen LogP contribution in [0.25, 0.3) is 0 Å². The van der Waals surface area contributed by atoms with Crippen LogP contribution in [0.2, 0.25) is 0 Å². The summed E-state index contributed by atoms with van der Waals surface area (Å²) in [6.45, 7) is 0.803. The maximum atomic E-state index is 10.5. The summed E-state index contributed by atoms with van der Waals surface area (Å²) in [6, 6.07) is 0. The van der Waals surface area contributed by atoms with Gasteiger partial charge in [-0.25, -0.2) is 5.26 Å². The van der Waals surface area contributed by atoms with E-state index in [-0.39, 0.29) is 51.4 Å². The van der Waals surface area contributed by atoms with Crippen molar-refractivity contribution in [1.82, 2.24) is 0 Å². The van der Waals surface area contributed by atoms with Gasteiger partial charge in [-0.05, 0) is 6.92 Å². The minimum Gasteiger partial charge on any atom is -0.324 e. The molecule has 0 aromatic heterocycles. The van der Waals surface area contributed by atoms with Crippen molar-refractivity contribution >= 4 is 66.6 Å². The van der Waals surface area contributed by atoms with Crippen molar-refractivity contribution < 1.29 is 33.7 Å². The molecule has 0 bridgehead atoms. The fourth-order valence-electron chi connectivity index (χ4n) is 0.258. The van der Waals surface area contributed by atoms with Crippen molar-refractivity contribution in [3.8, 4) is 0 Å². The Labute approximate surface area is 111 Å².